The Kier molecular flexibility index (Phi) is 6.50. The lowest BCUT2D eigenvalue weighted by Crippen LogP contribution is -2.28. The topological polar surface area (TPSA) is 113 Å². The number of nitrogens with one attached hydrogen (secondary N) is 2. The van der Waals surface area contributed by atoms with Gasteiger partial charge in [-0.05, 0) is 67.8 Å². The first-order valence-corrected chi connectivity index (χ1v) is 12.2. The van der Waals surface area contributed by atoms with E-state index >= 15 is 0 Å². The van der Waals surface area contributed by atoms with E-state index in [1.54, 1.807) is 30.3 Å². The summed E-state index contributed by atoms with van der Waals surface area (Å²) in [4.78, 5) is 10.9. The molecule has 1 unspecified atom stereocenters. The Balaban J connectivity index is 1.55. The molecule has 1 aliphatic rings. The Hall–Kier alpha value is -2.88. The second-order valence-electron chi connectivity index (χ2n) is 7.79. The molecule has 8 nitrogen and oxygen atoms in total. The summed E-state index contributed by atoms with van der Waals surface area (Å²) in [6, 6.07) is 14.5. The van der Waals surface area contributed by atoms with Crippen molar-refractivity contribution in [3.05, 3.63) is 65.4 Å². The first-order chi connectivity index (χ1) is 15.3. The summed E-state index contributed by atoms with van der Waals surface area (Å²) in [5.41, 5.74) is 2.70. The van der Waals surface area contributed by atoms with Crippen LogP contribution in [0.15, 0.2) is 59.8 Å². The van der Waals surface area contributed by atoms with Gasteiger partial charge in [0.1, 0.15) is 18.0 Å². The molecule has 0 aliphatic carbocycles. The van der Waals surface area contributed by atoms with Crippen LogP contribution in [0.1, 0.15) is 25.3 Å². The summed E-state index contributed by atoms with van der Waals surface area (Å²) < 4.78 is 23.8. The fourth-order valence-electron chi connectivity index (χ4n) is 3.84. The molecule has 2 heterocycles. The van der Waals surface area contributed by atoms with Gasteiger partial charge < -0.3 is 15.5 Å². The number of benzene rings is 2. The molecule has 1 saturated heterocycles. The lowest BCUT2D eigenvalue weighted by Gasteiger charge is -2.27. The Labute approximate surface area is 192 Å². The van der Waals surface area contributed by atoms with Crippen molar-refractivity contribution in [2.24, 2.45) is 5.14 Å². The zero-order valence-electron chi connectivity index (χ0n) is 17.6. The number of nitrogens with zero attached hydrogens (tertiary/aromatic N) is 3. The Morgan fingerprint density at radius 1 is 1.12 bits per heavy atom. The molecule has 0 saturated carbocycles. The summed E-state index contributed by atoms with van der Waals surface area (Å²) in [6.45, 7) is 3.50. The molecule has 1 atom stereocenters. The smallest absolute Gasteiger partial charge is 0.238 e. The van der Waals surface area contributed by atoms with Crippen molar-refractivity contribution in [1.29, 1.82) is 0 Å². The summed E-state index contributed by atoms with van der Waals surface area (Å²) in [6.07, 6.45) is 3.68. The summed E-state index contributed by atoms with van der Waals surface area (Å²) in [5, 5.41) is 12.5. The molecule has 4 rings (SSSR count). The number of primary sulfonamides is 1. The average Bonchev–Trinajstić information content (AvgIpc) is 3.19. The minimum Gasteiger partial charge on any atom is -0.369 e. The van der Waals surface area contributed by atoms with Crippen LogP contribution in [0.5, 0.6) is 0 Å². The van der Waals surface area contributed by atoms with Crippen molar-refractivity contribution < 1.29 is 8.42 Å². The predicted octanol–water partition coefficient (Wildman–Crippen LogP) is 4.12. The van der Waals surface area contributed by atoms with Crippen LogP contribution in [-0.4, -0.2) is 31.0 Å². The minimum absolute atomic E-state index is 0.0951. The van der Waals surface area contributed by atoms with Gasteiger partial charge in [-0.3, -0.25) is 0 Å². The third-order valence-corrected chi connectivity index (χ3v) is 6.65. The third kappa shape index (κ3) is 5.29. The highest BCUT2D eigenvalue weighted by Crippen LogP contribution is 2.31. The van der Waals surface area contributed by atoms with Crippen molar-refractivity contribution >= 4 is 44.6 Å². The first kappa shape index (κ1) is 22.3. The molecule has 0 bridgehead atoms. The molecule has 1 fully saturated rings. The molecule has 2 aromatic carbocycles. The van der Waals surface area contributed by atoms with E-state index in [2.05, 4.69) is 32.4 Å². The van der Waals surface area contributed by atoms with Gasteiger partial charge >= 0.3 is 0 Å². The molecule has 1 aromatic heterocycles. The zero-order valence-corrected chi connectivity index (χ0v) is 19.2. The van der Waals surface area contributed by atoms with E-state index in [1.165, 1.54) is 6.33 Å². The molecule has 168 valence electrons. The van der Waals surface area contributed by atoms with Gasteiger partial charge in [-0.1, -0.05) is 11.6 Å². The number of sulfonamides is 1. The molecule has 0 radical (unpaired) electrons. The minimum atomic E-state index is -3.80. The molecular weight excluding hydrogens is 448 g/mol. The highest BCUT2D eigenvalue weighted by Gasteiger charge is 2.23. The van der Waals surface area contributed by atoms with Gasteiger partial charge in [0.05, 0.1) is 4.90 Å². The van der Waals surface area contributed by atoms with Gasteiger partial charge in [-0.25, -0.2) is 23.5 Å². The fourth-order valence-corrected chi connectivity index (χ4v) is 4.53. The third-order valence-electron chi connectivity index (χ3n) is 5.49. The number of hydrogen-bond acceptors (Lipinski definition) is 7. The molecular formula is C22H25ClN6O2S. The van der Waals surface area contributed by atoms with Crippen molar-refractivity contribution in [2.75, 3.05) is 22.1 Å². The van der Waals surface area contributed by atoms with Gasteiger partial charge in [-0.15, -0.1) is 0 Å². The van der Waals surface area contributed by atoms with E-state index < -0.39 is 10.0 Å². The van der Waals surface area contributed by atoms with Gasteiger partial charge in [0.15, 0.2) is 0 Å². The molecule has 0 amide bonds. The Morgan fingerprint density at radius 3 is 2.56 bits per heavy atom. The van der Waals surface area contributed by atoms with E-state index in [9.17, 15) is 8.42 Å². The van der Waals surface area contributed by atoms with E-state index in [0.717, 1.165) is 36.3 Å². The lowest BCUT2D eigenvalue weighted by atomic mass is 10.1. The summed E-state index contributed by atoms with van der Waals surface area (Å²) in [5.74, 6) is 1.23. The number of anilines is 4. The molecule has 4 N–H and O–H groups in total. The quantitative estimate of drug-likeness (QED) is 0.474. The van der Waals surface area contributed by atoms with Gasteiger partial charge in [0.25, 0.3) is 0 Å². The van der Waals surface area contributed by atoms with Gasteiger partial charge in [0.2, 0.25) is 10.0 Å². The van der Waals surface area contributed by atoms with Crippen LogP contribution < -0.4 is 20.7 Å². The first-order valence-electron chi connectivity index (χ1n) is 10.3. The standard InChI is InChI=1S/C22H25ClN6O2S/c1-15-3-2-10-29(15)20-9-8-19(32(24,30)31)11-16(20)13-25-21-12-22(27-14-26-21)28-18-6-4-17(23)5-7-18/h4-9,11-12,14-15H,2-3,10,13H2,1H3,(H2,24,30,31)(H2,25,26,27,28). The van der Waals surface area contributed by atoms with Crippen molar-refractivity contribution in [3.8, 4) is 0 Å². The van der Waals surface area contributed by atoms with Crippen molar-refractivity contribution in [3.63, 3.8) is 0 Å². The monoisotopic (exact) mass is 472 g/mol. The maximum Gasteiger partial charge on any atom is 0.238 e. The van der Waals surface area contributed by atoms with Crippen molar-refractivity contribution in [2.45, 2.75) is 37.2 Å². The maximum atomic E-state index is 11.9. The molecule has 0 spiro atoms. The number of hydrogen-bond donors (Lipinski definition) is 3. The highest BCUT2D eigenvalue weighted by molar-refractivity contribution is 7.89. The average molecular weight is 473 g/mol. The van der Waals surface area contributed by atoms with Crippen LogP contribution in [0.25, 0.3) is 0 Å². The molecule has 3 aromatic rings. The highest BCUT2D eigenvalue weighted by atomic mass is 35.5. The normalized spacial score (nSPS) is 16.2. The fraction of sp³-hybridized carbons (Fsp3) is 0.273. The van der Waals surface area contributed by atoms with Crippen LogP contribution in [0.2, 0.25) is 5.02 Å². The molecule has 32 heavy (non-hydrogen) atoms. The van der Waals surface area contributed by atoms with E-state index in [0.29, 0.717) is 29.2 Å². The summed E-state index contributed by atoms with van der Waals surface area (Å²) >= 11 is 5.94. The maximum absolute atomic E-state index is 11.9. The lowest BCUT2D eigenvalue weighted by molar-refractivity contribution is 0.597. The number of halogens is 1. The summed E-state index contributed by atoms with van der Waals surface area (Å²) in [7, 11) is -3.80. The Morgan fingerprint density at radius 2 is 1.88 bits per heavy atom. The number of aromatic nitrogens is 2. The SMILES string of the molecule is CC1CCCN1c1ccc(S(N)(=O)=O)cc1CNc1cc(Nc2ccc(Cl)cc2)ncn1. The van der Waals surface area contributed by atoms with E-state index in [4.69, 9.17) is 16.7 Å². The predicted molar refractivity (Wildman–Crippen MR) is 128 cm³/mol. The van der Waals surface area contributed by atoms with Crippen LogP contribution >= 0.6 is 11.6 Å². The number of rotatable bonds is 7. The van der Waals surface area contributed by atoms with E-state index in [1.807, 2.05) is 18.2 Å². The van der Waals surface area contributed by atoms with Gasteiger partial charge in [0, 0.05) is 41.6 Å². The van der Waals surface area contributed by atoms with E-state index in [-0.39, 0.29) is 4.90 Å². The second-order valence-corrected chi connectivity index (χ2v) is 9.79. The van der Waals surface area contributed by atoms with Gasteiger partial charge in [-0.2, -0.15) is 0 Å². The zero-order chi connectivity index (χ0) is 22.7. The van der Waals surface area contributed by atoms with Crippen LogP contribution in [0.3, 0.4) is 0 Å². The number of nitrogens with two attached hydrogens (primary N) is 1. The molecule has 1 aliphatic heterocycles. The van der Waals surface area contributed by atoms with Crippen LogP contribution in [0, 0.1) is 0 Å². The largest absolute Gasteiger partial charge is 0.369 e. The molecule has 10 heteroatoms. The van der Waals surface area contributed by atoms with Crippen LogP contribution in [0.4, 0.5) is 23.0 Å². The van der Waals surface area contributed by atoms with Crippen LogP contribution in [-0.2, 0) is 16.6 Å². The Bertz CT molecular complexity index is 1200. The van der Waals surface area contributed by atoms with Crippen molar-refractivity contribution in [1.82, 2.24) is 9.97 Å². The second kappa shape index (κ2) is 9.32.